The standard InChI is InChI=1S/C18H29NO/c1-14(2)18(11-6-5-7-12-19-18)16-9-8-10-17(13-16)20-15(3)4/h8-10,13-15,19H,5-7,11-12H2,1-4H3. The highest BCUT2D eigenvalue weighted by atomic mass is 16.5. The van der Waals surface area contributed by atoms with Crippen LogP contribution in [0.25, 0.3) is 0 Å². The molecule has 0 radical (unpaired) electrons. The second-order valence-electron chi connectivity index (χ2n) is 6.56. The maximum Gasteiger partial charge on any atom is 0.120 e. The van der Waals surface area contributed by atoms with Crippen molar-refractivity contribution in [2.75, 3.05) is 6.54 Å². The molecule has 1 aliphatic heterocycles. The highest BCUT2D eigenvalue weighted by Crippen LogP contribution is 2.37. The largest absolute Gasteiger partial charge is 0.491 e. The van der Waals surface area contributed by atoms with Gasteiger partial charge in [-0.25, -0.2) is 0 Å². The number of rotatable bonds is 4. The van der Waals surface area contributed by atoms with Gasteiger partial charge in [0.2, 0.25) is 0 Å². The number of hydrogen-bond donors (Lipinski definition) is 1. The maximum absolute atomic E-state index is 5.87. The van der Waals surface area contributed by atoms with Crippen LogP contribution in [-0.2, 0) is 5.54 Å². The van der Waals surface area contributed by atoms with Crippen LogP contribution in [0.4, 0.5) is 0 Å². The molecule has 1 aromatic rings. The molecule has 2 rings (SSSR count). The third kappa shape index (κ3) is 3.35. The van der Waals surface area contributed by atoms with Gasteiger partial charge in [-0.3, -0.25) is 0 Å². The third-order valence-electron chi connectivity index (χ3n) is 4.39. The van der Waals surface area contributed by atoms with Gasteiger partial charge in [-0.05, 0) is 56.8 Å². The van der Waals surface area contributed by atoms with Gasteiger partial charge < -0.3 is 10.1 Å². The molecule has 2 heteroatoms. The van der Waals surface area contributed by atoms with E-state index in [-0.39, 0.29) is 11.6 Å². The zero-order valence-electron chi connectivity index (χ0n) is 13.4. The first kappa shape index (κ1) is 15.4. The Labute approximate surface area is 123 Å². The molecule has 0 aromatic heterocycles. The van der Waals surface area contributed by atoms with Gasteiger partial charge in [-0.2, -0.15) is 0 Å². The summed E-state index contributed by atoms with van der Waals surface area (Å²) in [6.07, 6.45) is 5.37. The highest BCUT2D eigenvalue weighted by molar-refractivity contribution is 5.34. The summed E-state index contributed by atoms with van der Waals surface area (Å²) in [5.74, 6) is 1.57. The van der Waals surface area contributed by atoms with Gasteiger partial charge in [0.15, 0.2) is 0 Å². The lowest BCUT2D eigenvalue weighted by Crippen LogP contribution is -2.46. The third-order valence-corrected chi connectivity index (χ3v) is 4.39. The average molecular weight is 275 g/mol. The van der Waals surface area contributed by atoms with Gasteiger partial charge in [0, 0.05) is 5.54 Å². The van der Waals surface area contributed by atoms with Crippen LogP contribution in [0.15, 0.2) is 24.3 Å². The number of nitrogens with one attached hydrogen (secondary N) is 1. The fourth-order valence-corrected chi connectivity index (χ4v) is 3.30. The van der Waals surface area contributed by atoms with Crippen molar-refractivity contribution in [3.63, 3.8) is 0 Å². The molecule has 1 unspecified atom stereocenters. The van der Waals surface area contributed by atoms with Crippen LogP contribution in [-0.4, -0.2) is 12.6 Å². The average Bonchev–Trinajstić information content (AvgIpc) is 2.64. The fourth-order valence-electron chi connectivity index (χ4n) is 3.30. The molecule has 2 nitrogen and oxygen atoms in total. The molecule has 0 spiro atoms. The Morgan fingerprint density at radius 1 is 1.10 bits per heavy atom. The van der Waals surface area contributed by atoms with Gasteiger partial charge in [-0.1, -0.05) is 38.8 Å². The molecule has 1 aromatic carbocycles. The van der Waals surface area contributed by atoms with Crippen LogP contribution < -0.4 is 10.1 Å². The fraction of sp³-hybridized carbons (Fsp3) is 0.667. The lowest BCUT2D eigenvalue weighted by molar-refractivity contribution is 0.223. The van der Waals surface area contributed by atoms with Crippen LogP contribution in [0.3, 0.4) is 0 Å². The number of hydrogen-bond acceptors (Lipinski definition) is 2. The van der Waals surface area contributed by atoms with Crippen molar-refractivity contribution >= 4 is 0 Å². The van der Waals surface area contributed by atoms with Crippen molar-refractivity contribution in [2.24, 2.45) is 5.92 Å². The van der Waals surface area contributed by atoms with Crippen molar-refractivity contribution < 1.29 is 4.74 Å². The zero-order valence-corrected chi connectivity index (χ0v) is 13.4. The van der Waals surface area contributed by atoms with Crippen LogP contribution in [0.2, 0.25) is 0 Å². The van der Waals surface area contributed by atoms with E-state index in [0.29, 0.717) is 5.92 Å². The molecular weight excluding hydrogens is 246 g/mol. The lowest BCUT2D eigenvalue weighted by atomic mass is 9.76. The van der Waals surface area contributed by atoms with Gasteiger partial charge in [0.05, 0.1) is 6.10 Å². The minimum Gasteiger partial charge on any atom is -0.491 e. The molecule has 0 aliphatic carbocycles. The van der Waals surface area contributed by atoms with E-state index in [9.17, 15) is 0 Å². The topological polar surface area (TPSA) is 21.3 Å². The molecule has 1 heterocycles. The predicted molar refractivity (Wildman–Crippen MR) is 85.2 cm³/mol. The summed E-state index contributed by atoms with van der Waals surface area (Å²) >= 11 is 0. The Kier molecular flexibility index (Phi) is 5.09. The van der Waals surface area contributed by atoms with E-state index in [1.165, 1.54) is 31.2 Å². The van der Waals surface area contributed by atoms with E-state index in [2.05, 4.69) is 57.3 Å². The van der Waals surface area contributed by atoms with Crippen molar-refractivity contribution in [1.29, 1.82) is 0 Å². The molecule has 20 heavy (non-hydrogen) atoms. The number of benzene rings is 1. The van der Waals surface area contributed by atoms with E-state index in [1.54, 1.807) is 0 Å². The monoisotopic (exact) mass is 275 g/mol. The van der Waals surface area contributed by atoms with Gasteiger partial charge in [0.25, 0.3) is 0 Å². The molecule has 1 aliphatic rings. The Hall–Kier alpha value is -1.02. The second kappa shape index (κ2) is 6.62. The summed E-state index contributed by atoms with van der Waals surface area (Å²) in [5, 5.41) is 3.84. The molecule has 112 valence electrons. The van der Waals surface area contributed by atoms with Crippen molar-refractivity contribution in [2.45, 2.75) is 65.0 Å². The maximum atomic E-state index is 5.87. The molecule has 1 fully saturated rings. The summed E-state index contributed by atoms with van der Waals surface area (Å²) < 4.78 is 5.87. The van der Waals surface area contributed by atoms with Crippen LogP contribution in [0.5, 0.6) is 5.75 Å². The molecule has 1 atom stereocenters. The van der Waals surface area contributed by atoms with Crippen molar-refractivity contribution in [3.05, 3.63) is 29.8 Å². The molecular formula is C18H29NO. The van der Waals surface area contributed by atoms with E-state index >= 15 is 0 Å². The first-order valence-corrected chi connectivity index (χ1v) is 8.07. The SMILES string of the molecule is CC(C)Oc1cccc(C2(C(C)C)CCCCCN2)c1. The first-order valence-electron chi connectivity index (χ1n) is 8.07. The first-order chi connectivity index (χ1) is 9.54. The van der Waals surface area contributed by atoms with E-state index in [1.807, 2.05) is 0 Å². The minimum atomic E-state index is 0.104. The predicted octanol–water partition coefficient (Wildman–Crippen LogP) is 4.49. The van der Waals surface area contributed by atoms with Crippen molar-refractivity contribution in [1.82, 2.24) is 5.32 Å². The Morgan fingerprint density at radius 2 is 1.90 bits per heavy atom. The van der Waals surface area contributed by atoms with Gasteiger partial charge in [-0.15, -0.1) is 0 Å². The van der Waals surface area contributed by atoms with E-state index in [0.717, 1.165) is 12.3 Å². The zero-order chi connectivity index (χ0) is 14.6. The molecule has 1 N–H and O–H groups in total. The number of ether oxygens (including phenoxy) is 1. The highest BCUT2D eigenvalue weighted by Gasteiger charge is 2.35. The normalized spacial score (nSPS) is 23.9. The summed E-state index contributed by atoms with van der Waals surface area (Å²) in [7, 11) is 0. The van der Waals surface area contributed by atoms with Crippen LogP contribution >= 0.6 is 0 Å². The second-order valence-corrected chi connectivity index (χ2v) is 6.56. The summed E-state index contributed by atoms with van der Waals surface area (Å²) in [5.41, 5.74) is 1.49. The van der Waals surface area contributed by atoms with Gasteiger partial charge >= 0.3 is 0 Å². The van der Waals surface area contributed by atoms with Crippen LogP contribution in [0.1, 0.15) is 58.9 Å². The smallest absolute Gasteiger partial charge is 0.120 e. The van der Waals surface area contributed by atoms with E-state index < -0.39 is 0 Å². The Bertz CT molecular complexity index is 417. The molecule has 1 saturated heterocycles. The summed E-state index contributed by atoms with van der Waals surface area (Å²) in [4.78, 5) is 0. The molecule has 0 bridgehead atoms. The quantitative estimate of drug-likeness (QED) is 0.874. The molecule has 0 saturated carbocycles. The van der Waals surface area contributed by atoms with Gasteiger partial charge in [0.1, 0.15) is 5.75 Å². The minimum absolute atomic E-state index is 0.104. The Morgan fingerprint density at radius 3 is 2.60 bits per heavy atom. The van der Waals surface area contributed by atoms with E-state index in [4.69, 9.17) is 4.74 Å². The molecule has 0 amide bonds. The van der Waals surface area contributed by atoms with Crippen molar-refractivity contribution in [3.8, 4) is 5.75 Å². The van der Waals surface area contributed by atoms with Crippen LogP contribution in [0, 0.1) is 5.92 Å². The Balaban J connectivity index is 2.33. The summed E-state index contributed by atoms with van der Waals surface area (Å²) in [6.45, 7) is 9.93. The summed E-state index contributed by atoms with van der Waals surface area (Å²) in [6, 6.07) is 8.68. The lowest BCUT2D eigenvalue weighted by Gasteiger charge is -2.39.